The number of carbonyl (C=O) groups excluding carboxylic acids is 2. The van der Waals surface area contributed by atoms with Crippen LogP contribution in [-0.4, -0.2) is 39.2 Å². The highest BCUT2D eigenvalue weighted by Crippen LogP contribution is 2.16. The molecule has 7 heteroatoms. The second-order valence-electron chi connectivity index (χ2n) is 4.57. The Hall–Kier alpha value is -1.89. The molecule has 0 radical (unpaired) electrons. The zero-order valence-corrected chi connectivity index (χ0v) is 12.4. The standard InChI is InChI=1S/C13H17NO5S/c1-9(2)14-12(15)8-19-13(16)10-6-4-5-7-11(10)20(3,17)18/h4-7,9H,8H2,1-3H3,(H,14,15). The van der Waals surface area contributed by atoms with Crippen molar-refractivity contribution in [2.45, 2.75) is 24.8 Å². The van der Waals surface area contributed by atoms with Gasteiger partial charge < -0.3 is 10.1 Å². The van der Waals surface area contributed by atoms with Gasteiger partial charge in [0.05, 0.1) is 10.5 Å². The fraction of sp³-hybridized carbons (Fsp3) is 0.385. The number of carbonyl (C=O) groups is 2. The molecule has 1 aromatic rings. The Labute approximate surface area is 118 Å². The first-order valence-corrected chi connectivity index (χ1v) is 7.86. The van der Waals surface area contributed by atoms with Gasteiger partial charge in [-0.3, -0.25) is 4.79 Å². The molecule has 1 amide bonds. The molecule has 6 nitrogen and oxygen atoms in total. The first-order valence-electron chi connectivity index (χ1n) is 5.97. The van der Waals surface area contributed by atoms with Crippen LogP contribution >= 0.6 is 0 Å². The minimum atomic E-state index is -3.54. The maximum absolute atomic E-state index is 11.8. The lowest BCUT2D eigenvalue weighted by Gasteiger charge is -2.10. The van der Waals surface area contributed by atoms with E-state index in [1.807, 2.05) is 0 Å². The quantitative estimate of drug-likeness (QED) is 0.811. The molecule has 1 rings (SSSR count). The molecule has 0 heterocycles. The highest BCUT2D eigenvalue weighted by Gasteiger charge is 2.20. The molecular weight excluding hydrogens is 282 g/mol. The lowest BCUT2D eigenvalue weighted by molar-refractivity contribution is -0.124. The minimum Gasteiger partial charge on any atom is -0.452 e. The number of ether oxygens (including phenoxy) is 1. The van der Waals surface area contributed by atoms with E-state index in [1.54, 1.807) is 13.8 Å². The second kappa shape index (κ2) is 6.51. The van der Waals surface area contributed by atoms with Gasteiger partial charge in [-0.15, -0.1) is 0 Å². The molecule has 0 saturated carbocycles. The molecular formula is C13H17NO5S. The Bertz CT molecular complexity index is 607. The Kier molecular flexibility index (Phi) is 5.26. The molecule has 20 heavy (non-hydrogen) atoms. The maximum Gasteiger partial charge on any atom is 0.339 e. The average Bonchev–Trinajstić information content (AvgIpc) is 2.34. The van der Waals surface area contributed by atoms with Gasteiger partial charge in [0.2, 0.25) is 0 Å². The van der Waals surface area contributed by atoms with Crippen LogP contribution in [0, 0.1) is 0 Å². The van der Waals surface area contributed by atoms with Gasteiger partial charge >= 0.3 is 5.97 Å². The molecule has 0 saturated heterocycles. The lowest BCUT2D eigenvalue weighted by Crippen LogP contribution is -2.34. The van der Waals surface area contributed by atoms with Crippen molar-refractivity contribution in [3.63, 3.8) is 0 Å². The average molecular weight is 299 g/mol. The largest absolute Gasteiger partial charge is 0.452 e. The fourth-order valence-electron chi connectivity index (χ4n) is 1.53. The molecule has 1 N–H and O–H groups in total. The zero-order chi connectivity index (χ0) is 15.3. The molecule has 0 aliphatic heterocycles. The molecule has 0 bridgehead atoms. The molecule has 0 unspecified atom stereocenters. The number of nitrogens with one attached hydrogen (secondary N) is 1. The third-order valence-electron chi connectivity index (χ3n) is 2.29. The van der Waals surface area contributed by atoms with Crippen LogP contribution in [-0.2, 0) is 19.4 Å². The Balaban J connectivity index is 2.82. The molecule has 0 spiro atoms. The number of rotatable bonds is 5. The third kappa shape index (κ3) is 4.65. The predicted molar refractivity (Wildman–Crippen MR) is 73.1 cm³/mol. The zero-order valence-electron chi connectivity index (χ0n) is 11.5. The summed E-state index contributed by atoms with van der Waals surface area (Å²) in [5, 5.41) is 2.56. The summed E-state index contributed by atoms with van der Waals surface area (Å²) < 4.78 is 27.9. The third-order valence-corrected chi connectivity index (χ3v) is 3.45. The van der Waals surface area contributed by atoms with E-state index in [1.165, 1.54) is 24.3 Å². The van der Waals surface area contributed by atoms with Crippen molar-refractivity contribution >= 4 is 21.7 Å². The summed E-state index contributed by atoms with van der Waals surface area (Å²) in [5.41, 5.74) is -0.0765. The van der Waals surface area contributed by atoms with E-state index in [0.717, 1.165) is 6.26 Å². The van der Waals surface area contributed by atoms with Crippen molar-refractivity contribution in [1.82, 2.24) is 5.32 Å². The molecule has 0 aliphatic rings. The van der Waals surface area contributed by atoms with E-state index in [-0.39, 0.29) is 16.5 Å². The highest BCUT2D eigenvalue weighted by molar-refractivity contribution is 7.90. The summed E-state index contributed by atoms with van der Waals surface area (Å²) in [5.74, 6) is -1.28. The molecule has 110 valence electrons. The smallest absolute Gasteiger partial charge is 0.339 e. The SMILES string of the molecule is CC(C)NC(=O)COC(=O)c1ccccc1S(C)(=O)=O. The van der Waals surface area contributed by atoms with Crippen molar-refractivity contribution in [2.24, 2.45) is 0 Å². The van der Waals surface area contributed by atoms with E-state index in [0.29, 0.717) is 0 Å². The number of amides is 1. The van der Waals surface area contributed by atoms with E-state index < -0.39 is 28.3 Å². The number of hydrogen-bond donors (Lipinski definition) is 1. The molecule has 1 aromatic carbocycles. The van der Waals surface area contributed by atoms with Gasteiger partial charge in [0.25, 0.3) is 5.91 Å². The molecule has 0 aromatic heterocycles. The Morgan fingerprint density at radius 2 is 1.85 bits per heavy atom. The molecule has 0 atom stereocenters. The summed E-state index contributed by atoms with van der Waals surface area (Å²) in [6.45, 7) is 3.10. The van der Waals surface area contributed by atoms with E-state index >= 15 is 0 Å². The highest BCUT2D eigenvalue weighted by atomic mass is 32.2. The van der Waals surface area contributed by atoms with Crippen LogP contribution in [0.3, 0.4) is 0 Å². The Morgan fingerprint density at radius 3 is 2.40 bits per heavy atom. The predicted octanol–water partition coefficient (Wildman–Crippen LogP) is 0.771. The summed E-state index contributed by atoms with van der Waals surface area (Å²) in [6.07, 6.45) is 1.00. The fourth-order valence-corrected chi connectivity index (χ4v) is 2.41. The second-order valence-corrected chi connectivity index (χ2v) is 6.55. The van der Waals surface area contributed by atoms with Gasteiger partial charge in [-0.25, -0.2) is 13.2 Å². The van der Waals surface area contributed by atoms with Crippen LogP contribution in [0.1, 0.15) is 24.2 Å². The summed E-state index contributed by atoms with van der Waals surface area (Å²) in [7, 11) is -3.54. The van der Waals surface area contributed by atoms with Crippen molar-refractivity contribution in [3.8, 4) is 0 Å². The van der Waals surface area contributed by atoms with Gasteiger partial charge in [-0.05, 0) is 26.0 Å². The molecule has 0 aliphatic carbocycles. The van der Waals surface area contributed by atoms with Crippen LogP contribution in [0.2, 0.25) is 0 Å². The van der Waals surface area contributed by atoms with Gasteiger partial charge in [-0.1, -0.05) is 12.1 Å². The first kappa shape index (κ1) is 16.2. The molecule has 0 fully saturated rings. The van der Waals surface area contributed by atoms with Gasteiger partial charge in [0.1, 0.15) is 0 Å². The van der Waals surface area contributed by atoms with E-state index in [2.05, 4.69) is 5.32 Å². The van der Waals surface area contributed by atoms with E-state index in [4.69, 9.17) is 4.74 Å². The van der Waals surface area contributed by atoms with Gasteiger partial charge in [-0.2, -0.15) is 0 Å². The summed E-state index contributed by atoms with van der Waals surface area (Å²) >= 11 is 0. The topological polar surface area (TPSA) is 89.5 Å². The van der Waals surface area contributed by atoms with Crippen LogP contribution in [0.25, 0.3) is 0 Å². The van der Waals surface area contributed by atoms with Crippen LogP contribution in [0.4, 0.5) is 0 Å². The normalized spacial score (nSPS) is 11.2. The maximum atomic E-state index is 11.8. The van der Waals surface area contributed by atoms with Crippen LogP contribution in [0.5, 0.6) is 0 Å². The monoisotopic (exact) mass is 299 g/mol. The van der Waals surface area contributed by atoms with Gasteiger partial charge in [0, 0.05) is 12.3 Å². The minimum absolute atomic E-state index is 0.0653. The number of sulfone groups is 1. The van der Waals surface area contributed by atoms with Crippen LogP contribution in [0.15, 0.2) is 29.2 Å². The van der Waals surface area contributed by atoms with Crippen molar-refractivity contribution in [1.29, 1.82) is 0 Å². The number of benzene rings is 1. The lowest BCUT2D eigenvalue weighted by atomic mass is 10.2. The van der Waals surface area contributed by atoms with Crippen LogP contribution < -0.4 is 5.32 Å². The summed E-state index contributed by atoms with van der Waals surface area (Å²) in [6, 6.07) is 5.64. The van der Waals surface area contributed by atoms with E-state index in [9.17, 15) is 18.0 Å². The Morgan fingerprint density at radius 1 is 1.25 bits per heavy atom. The van der Waals surface area contributed by atoms with Crippen molar-refractivity contribution < 1.29 is 22.7 Å². The summed E-state index contributed by atoms with van der Waals surface area (Å²) in [4.78, 5) is 23.1. The van der Waals surface area contributed by atoms with Crippen molar-refractivity contribution in [2.75, 3.05) is 12.9 Å². The van der Waals surface area contributed by atoms with Gasteiger partial charge in [0.15, 0.2) is 16.4 Å². The van der Waals surface area contributed by atoms with Crippen molar-refractivity contribution in [3.05, 3.63) is 29.8 Å². The number of hydrogen-bond acceptors (Lipinski definition) is 5. The first-order chi connectivity index (χ1) is 9.21. The number of esters is 1.